The number of nitrogen functional groups attached to an aromatic ring is 1. The fraction of sp³-hybridized carbons (Fsp3) is 0.278. The quantitative estimate of drug-likeness (QED) is 0.767. The van der Waals surface area contributed by atoms with Crippen molar-refractivity contribution in [2.75, 3.05) is 5.73 Å². The van der Waals surface area contributed by atoms with Crippen molar-refractivity contribution in [3.8, 4) is 11.3 Å². The number of anilines is 1. The van der Waals surface area contributed by atoms with Crippen LogP contribution >= 0.6 is 0 Å². The number of nitrogens with zero attached hydrogens (tertiary/aromatic N) is 2. The van der Waals surface area contributed by atoms with E-state index in [1.54, 1.807) is 0 Å². The van der Waals surface area contributed by atoms with Gasteiger partial charge in [0.2, 0.25) is 0 Å². The van der Waals surface area contributed by atoms with Gasteiger partial charge in [0.15, 0.2) is 0 Å². The maximum atomic E-state index is 6.41. The lowest BCUT2D eigenvalue weighted by molar-refractivity contribution is 1.09. The molecule has 2 heterocycles. The van der Waals surface area contributed by atoms with E-state index in [2.05, 4.69) is 50.2 Å². The molecule has 0 unspecified atom stereocenters. The van der Waals surface area contributed by atoms with E-state index in [0.29, 0.717) is 5.92 Å². The van der Waals surface area contributed by atoms with Gasteiger partial charge in [-0.3, -0.25) is 4.40 Å². The smallest absolute Gasteiger partial charge is 0.139 e. The Kier molecular flexibility index (Phi) is 2.58. The number of pyridine rings is 1. The predicted molar refractivity (Wildman–Crippen MR) is 86.5 cm³/mol. The normalized spacial score (nSPS) is 14.8. The molecule has 1 fully saturated rings. The molecule has 3 aromatic rings. The Morgan fingerprint density at radius 2 is 1.90 bits per heavy atom. The average Bonchev–Trinajstić information content (AvgIpc) is 3.23. The molecule has 0 atom stereocenters. The lowest BCUT2D eigenvalue weighted by atomic mass is 10.0. The van der Waals surface area contributed by atoms with Crippen LogP contribution in [0.5, 0.6) is 0 Å². The van der Waals surface area contributed by atoms with Gasteiger partial charge in [0.05, 0.1) is 0 Å². The van der Waals surface area contributed by atoms with E-state index in [1.165, 1.54) is 29.5 Å². The SMILES string of the molecule is Cc1cc(C)n2c(N)c(-c3ccccc3C3CC3)nc2c1. The highest BCUT2D eigenvalue weighted by Crippen LogP contribution is 2.45. The minimum Gasteiger partial charge on any atom is -0.383 e. The first-order valence-electron chi connectivity index (χ1n) is 7.49. The van der Waals surface area contributed by atoms with Crippen LogP contribution in [0.2, 0.25) is 0 Å². The van der Waals surface area contributed by atoms with E-state index in [4.69, 9.17) is 10.7 Å². The van der Waals surface area contributed by atoms with E-state index < -0.39 is 0 Å². The Morgan fingerprint density at radius 1 is 1.14 bits per heavy atom. The lowest BCUT2D eigenvalue weighted by Gasteiger charge is -2.07. The lowest BCUT2D eigenvalue weighted by Crippen LogP contribution is -1.99. The summed E-state index contributed by atoms with van der Waals surface area (Å²) in [5, 5.41) is 0. The number of imidazole rings is 1. The Balaban J connectivity index is 1.99. The standard InChI is InChI=1S/C18H19N3/c1-11-9-12(2)21-16(10-11)20-17(18(21)19)15-6-4-3-5-14(15)13-7-8-13/h3-6,9-10,13H,7-8,19H2,1-2H3. The fourth-order valence-corrected chi connectivity index (χ4v) is 3.22. The third kappa shape index (κ3) is 1.92. The van der Waals surface area contributed by atoms with Crippen molar-refractivity contribution in [2.24, 2.45) is 0 Å². The molecule has 3 heteroatoms. The number of aromatic nitrogens is 2. The van der Waals surface area contributed by atoms with Gasteiger partial charge in [-0.05, 0) is 55.9 Å². The van der Waals surface area contributed by atoms with Crippen LogP contribution in [0.15, 0.2) is 36.4 Å². The van der Waals surface area contributed by atoms with Crippen LogP contribution < -0.4 is 5.73 Å². The van der Waals surface area contributed by atoms with E-state index in [1.807, 2.05) is 4.40 Å². The molecule has 1 saturated carbocycles. The molecule has 3 nitrogen and oxygen atoms in total. The third-order valence-corrected chi connectivity index (χ3v) is 4.32. The molecule has 4 rings (SSSR count). The second kappa shape index (κ2) is 4.35. The zero-order valence-corrected chi connectivity index (χ0v) is 12.4. The van der Waals surface area contributed by atoms with Gasteiger partial charge in [-0.25, -0.2) is 4.98 Å². The number of aryl methyl sites for hydroxylation is 2. The summed E-state index contributed by atoms with van der Waals surface area (Å²) in [5.41, 5.74) is 13.2. The molecule has 2 aromatic heterocycles. The van der Waals surface area contributed by atoms with E-state index in [0.717, 1.165) is 22.9 Å². The summed E-state index contributed by atoms with van der Waals surface area (Å²) in [6, 6.07) is 12.8. The van der Waals surface area contributed by atoms with Crippen molar-refractivity contribution >= 4 is 11.5 Å². The van der Waals surface area contributed by atoms with Gasteiger partial charge in [0.1, 0.15) is 17.2 Å². The van der Waals surface area contributed by atoms with Crippen molar-refractivity contribution in [1.82, 2.24) is 9.38 Å². The molecule has 1 aliphatic carbocycles. The molecule has 0 aliphatic heterocycles. The fourth-order valence-electron chi connectivity index (χ4n) is 3.22. The summed E-state index contributed by atoms with van der Waals surface area (Å²) in [6.07, 6.45) is 2.56. The van der Waals surface area contributed by atoms with Crippen molar-refractivity contribution in [2.45, 2.75) is 32.6 Å². The summed E-state index contributed by atoms with van der Waals surface area (Å²) in [5.74, 6) is 1.43. The topological polar surface area (TPSA) is 43.3 Å². The van der Waals surface area contributed by atoms with Gasteiger partial charge in [-0.15, -0.1) is 0 Å². The molecule has 2 N–H and O–H groups in total. The summed E-state index contributed by atoms with van der Waals surface area (Å²) in [6.45, 7) is 4.17. The molecule has 1 aliphatic rings. The zero-order chi connectivity index (χ0) is 14.6. The molecule has 1 aromatic carbocycles. The summed E-state index contributed by atoms with van der Waals surface area (Å²) in [4.78, 5) is 4.81. The molecular weight excluding hydrogens is 258 g/mol. The maximum Gasteiger partial charge on any atom is 0.139 e. The van der Waals surface area contributed by atoms with Crippen LogP contribution in [0, 0.1) is 13.8 Å². The largest absolute Gasteiger partial charge is 0.383 e. The number of hydrogen-bond donors (Lipinski definition) is 1. The Hall–Kier alpha value is -2.29. The number of hydrogen-bond acceptors (Lipinski definition) is 2. The first-order chi connectivity index (χ1) is 10.1. The second-order valence-corrected chi connectivity index (χ2v) is 6.07. The van der Waals surface area contributed by atoms with Crippen LogP contribution in [0.4, 0.5) is 5.82 Å². The highest BCUT2D eigenvalue weighted by Gasteiger charge is 2.27. The molecule has 0 saturated heterocycles. The van der Waals surface area contributed by atoms with Crippen molar-refractivity contribution in [3.63, 3.8) is 0 Å². The molecule has 0 bridgehead atoms. The Morgan fingerprint density at radius 3 is 2.67 bits per heavy atom. The van der Waals surface area contributed by atoms with Gasteiger partial charge in [0, 0.05) is 11.3 Å². The van der Waals surface area contributed by atoms with E-state index in [9.17, 15) is 0 Å². The van der Waals surface area contributed by atoms with E-state index in [-0.39, 0.29) is 0 Å². The van der Waals surface area contributed by atoms with E-state index >= 15 is 0 Å². The molecule has 106 valence electrons. The molecule has 0 amide bonds. The van der Waals surface area contributed by atoms with Gasteiger partial charge >= 0.3 is 0 Å². The molecule has 21 heavy (non-hydrogen) atoms. The first kappa shape index (κ1) is 12.5. The second-order valence-electron chi connectivity index (χ2n) is 6.07. The Labute approximate surface area is 124 Å². The summed E-state index contributed by atoms with van der Waals surface area (Å²) < 4.78 is 2.05. The highest BCUT2D eigenvalue weighted by atomic mass is 15.1. The first-order valence-corrected chi connectivity index (χ1v) is 7.49. The minimum absolute atomic E-state index is 0.688. The van der Waals surface area contributed by atoms with Crippen LogP contribution in [0.1, 0.15) is 35.6 Å². The van der Waals surface area contributed by atoms with Gasteiger partial charge in [0.25, 0.3) is 0 Å². The number of benzene rings is 1. The van der Waals surface area contributed by atoms with Crippen LogP contribution in [0.3, 0.4) is 0 Å². The third-order valence-electron chi connectivity index (χ3n) is 4.32. The molecule has 0 spiro atoms. The van der Waals surface area contributed by atoms with Crippen molar-refractivity contribution in [3.05, 3.63) is 53.2 Å². The molecular formula is C18H19N3. The van der Waals surface area contributed by atoms with Crippen LogP contribution in [-0.4, -0.2) is 9.38 Å². The highest BCUT2D eigenvalue weighted by molar-refractivity contribution is 5.78. The minimum atomic E-state index is 0.688. The number of fused-ring (bicyclic) bond motifs is 1. The van der Waals surface area contributed by atoms with Crippen LogP contribution in [-0.2, 0) is 0 Å². The monoisotopic (exact) mass is 277 g/mol. The maximum absolute atomic E-state index is 6.41. The average molecular weight is 277 g/mol. The number of rotatable bonds is 2. The zero-order valence-electron chi connectivity index (χ0n) is 12.4. The van der Waals surface area contributed by atoms with Gasteiger partial charge < -0.3 is 5.73 Å². The molecule has 0 radical (unpaired) electrons. The number of nitrogens with two attached hydrogens (primary N) is 1. The predicted octanol–water partition coefficient (Wildman–Crippen LogP) is 4.08. The summed E-state index contributed by atoms with van der Waals surface area (Å²) >= 11 is 0. The van der Waals surface area contributed by atoms with Crippen molar-refractivity contribution in [1.29, 1.82) is 0 Å². The van der Waals surface area contributed by atoms with Gasteiger partial charge in [-0.1, -0.05) is 24.3 Å². The van der Waals surface area contributed by atoms with Crippen molar-refractivity contribution < 1.29 is 0 Å². The Bertz CT molecular complexity index is 841. The van der Waals surface area contributed by atoms with Crippen LogP contribution in [0.25, 0.3) is 16.9 Å². The summed E-state index contributed by atoms with van der Waals surface area (Å²) in [7, 11) is 0. The van der Waals surface area contributed by atoms with Gasteiger partial charge in [-0.2, -0.15) is 0 Å².